The summed E-state index contributed by atoms with van der Waals surface area (Å²) in [6.45, 7) is 3.62. The van der Waals surface area contributed by atoms with Crippen molar-refractivity contribution >= 4 is 5.91 Å². The van der Waals surface area contributed by atoms with Crippen LogP contribution in [0, 0.1) is 5.92 Å². The molecule has 0 bridgehead atoms. The van der Waals surface area contributed by atoms with Crippen molar-refractivity contribution in [3.8, 4) is 5.75 Å². The van der Waals surface area contributed by atoms with Crippen molar-refractivity contribution in [1.82, 2.24) is 25.2 Å². The van der Waals surface area contributed by atoms with Crippen LogP contribution in [0.2, 0.25) is 0 Å². The number of piperidine rings is 1. The summed E-state index contributed by atoms with van der Waals surface area (Å²) < 4.78 is 0. The molecule has 24 heavy (non-hydrogen) atoms. The molecule has 0 saturated carbocycles. The number of aromatic amines is 1. The van der Waals surface area contributed by atoms with E-state index in [0.717, 1.165) is 31.7 Å². The largest absolute Gasteiger partial charge is 0.505 e. The van der Waals surface area contributed by atoms with E-state index in [4.69, 9.17) is 0 Å². The van der Waals surface area contributed by atoms with E-state index in [1.807, 2.05) is 6.20 Å². The first-order valence-corrected chi connectivity index (χ1v) is 8.34. The number of imidazole rings is 1. The highest BCUT2D eigenvalue weighted by atomic mass is 16.3. The van der Waals surface area contributed by atoms with Crippen LogP contribution in [0.5, 0.6) is 5.75 Å². The second-order valence-electron chi connectivity index (χ2n) is 6.24. The predicted octanol–water partition coefficient (Wildman–Crippen LogP) is 1.54. The van der Waals surface area contributed by atoms with Crippen LogP contribution < -0.4 is 5.32 Å². The lowest BCUT2D eigenvalue weighted by Crippen LogP contribution is -2.36. The molecule has 3 heterocycles. The molecular formula is C17H23N5O2. The van der Waals surface area contributed by atoms with Crippen molar-refractivity contribution in [2.45, 2.75) is 25.8 Å². The number of nitrogens with one attached hydrogen (secondary N) is 2. The number of carbonyl (C=O) groups is 1. The maximum atomic E-state index is 12.0. The molecule has 1 aliphatic heterocycles. The minimum Gasteiger partial charge on any atom is -0.505 e. The second-order valence-corrected chi connectivity index (χ2v) is 6.24. The highest BCUT2D eigenvalue weighted by Gasteiger charge is 2.20. The van der Waals surface area contributed by atoms with E-state index in [1.165, 1.54) is 25.1 Å². The van der Waals surface area contributed by atoms with Crippen molar-refractivity contribution in [3.63, 3.8) is 0 Å². The van der Waals surface area contributed by atoms with Gasteiger partial charge in [-0.05, 0) is 43.9 Å². The highest BCUT2D eigenvalue weighted by molar-refractivity contribution is 5.94. The fraction of sp³-hybridized carbons (Fsp3) is 0.471. The summed E-state index contributed by atoms with van der Waals surface area (Å²) in [7, 11) is 0. The van der Waals surface area contributed by atoms with Crippen molar-refractivity contribution in [3.05, 3.63) is 42.2 Å². The van der Waals surface area contributed by atoms with Crippen LogP contribution >= 0.6 is 0 Å². The van der Waals surface area contributed by atoms with Gasteiger partial charge in [-0.1, -0.05) is 0 Å². The molecule has 1 amide bonds. The van der Waals surface area contributed by atoms with Crippen molar-refractivity contribution in [1.29, 1.82) is 0 Å². The van der Waals surface area contributed by atoms with Crippen molar-refractivity contribution in [2.24, 2.45) is 5.92 Å². The average molecular weight is 329 g/mol. The molecule has 3 N–H and O–H groups in total. The number of carbonyl (C=O) groups excluding carboxylic acids is 1. The Balaban J connectivity index is 1.43. The molecular weight excluding hydrogens is 306 g/mol. The maximum absolute atomic E-state index is 12.0. The zero-order chi connectivity index (χ0) is 16.8. The molecule has 7 heteroatoms. The number of rotatable bonds is 6. The molecule has 1 fully saturated rings. The third-order valence-corrected chi connectivity index (χ3v) is 4.39. The van der Waals surface area contributed by atoms with Crippen molar-refractivity contribution in [2.75, 3.05) is 19.6 Å². The lowest BCUT2D eigenvalue weighted by molar-refractivity contribution is 0.0938. The standard InChI is InChI=1S/C17H23N5O2/c23-15-4-1-6-19-16(15)17(24)20-7-5-13-3-2-8-22(10-13)11-14-9-18-12-21-14/h1,4,6,9,12-13,23H,2-3,5,7-8,10-11H2,(H,18,21)(H,20,24). The molecule has 2 aromatic rings. The van der Waals surface area contributed by atoms with Gasteiger partial charge in [0.2, 0.25) is 0 Å². The van der Waals surface area contributed by atoms with Crippen LogP contribution in [0.1, 0.15) is 35.4 Å². The van der Waals surface area contributed by atoms with Gasteiger partial charge in [-0.2, -0.15) is 0 Å². The number of H-pyrrole nitrogens is 1. The van der Waals surface area contributed by atoms with Crippen LogP contribution in [0.25, 0.3) is 0 Å². The zero-order valence-electron chi connectivity index (χ0n) is 13.6. The summed E-state index contributed by atoms with van der Waals surface area (Å²) in [5.41, 5.74) is 1.22. The third kappa shape index (κ3) is 4.32. The number of hydrogen-bond acceptors (Lipinski definition) is 5. The Kier molecular flexibility index (Phi) is 5.43. The molecule has 1 unspecified atom stereocenters. The zero-order valence-corrected chi connectivity index (χ0v) is 13.6. The quantitative estimate of drug-likeness (QED) is 0.747. The Morgan fingerprint density at radius 2 is 2.42 bits per heavy atom. The topological polar surface area (TPSA) is 94.1 Å². The van der Waals surface area contributed by atoms with E-state index in [1.54, 1.807) is 12.4 Å². The summed E-state index contributed by atoms with van der Waals surface area (Å²) in [6, 6.07) is 3.07. The third-order valence-electron chi connectivity index (χ3n) is 4.39. The average Bonchev–Trinajstić information content (AvgIpc) is 3.08. The molecule has 128 valence electrons. The number of aromatic nitrogens is 3. The Morgan fingerprint density at radius 1 is 1.50 bits per heavy atom. The van der Waals surface area contributed by atoms with Gasteiger partial charge in [0.25, 0.3) is 5.91 Å². The molecule has 0 aliphatic carbocycles. The van der Waals surface area contributed by atoms with Gasteiger partial charge in [-0.25, -0.2) is 9.97 Å². The summed E-state index contributed by atoms with van der Waals surface area (Å²) in [5, 5.41) is 12.5. The summed E-state index contributed by atoms with van der Waals surface area (Å²) in [5.74, 6) is 0.163. The number of pyridine rings is 1. The summed E-state index contributed by atoms with van der Waals surface area (Å²) in [6.07, 6.45) is 8.36. The van der Waals surface area contributed by atoms with Gasteiger partial charge in [0.15, 0.2) is 5.69 Å². The Morgan fingerprint density at radius 3 is 3.21 bits per heavy atom. The normalized spacial score (nSPS) is 18.4. The molecule has 1 atom stereocenters. The molecule has 7 nitrogen and oxygen atoms in total. The first-order valence-electron chi connectivity index (χ1n) is 8.34. The Bertz CT molecular complexity index is 659. The van der Waals surface area contributed by atoms with Crippen LogP contribution in [0.4, 0.5) is 0 Å². The highest BCUT2D eigenvalue weighted by Crippen LogP contribution is 2.20. The van der Waals surface area contributed by atoms with Gasteiger partial charge in [-0.3, -0.25) is 9.69 Å². The van der Waals surface area contributed by atoms with E-state index in [9.17, 15) is 9.90 Å². The van der Waals surface area contributed by atoms with E-state index >= 15 is 0 Å². The monoisotopic (exact) mass is 329 g/mol. The van der Waals surface area contributed by atoms with Gasteiger partial charge < -0.3 is 15.4 Å². The number of aromatic hydroxyl groups is 1. The van der Waals surface area contributed by atoms with Crippen LogP contribution in [0.3, 0.4) is 0 Å². The van der Waals surface area contributed by atoms with Crippen LogP contribution in [-0.4, -0.2) is 50.5 Å². The molecule has 1 aliphatic rings. The first kappa shape index (κ1) is 16.4. The summed E-state index contributed by atoms with van der Waals surface area (Å²) >= 11 is 0. The minimum absolute atomic E-state index is 0.0848. The molecule has 0 radical (unpaired) electrons. The Hall–Kier alpha value is -2.41. The van der Waals surface area contributed by atoms with Crippen LogP contribution in [0.15, 0.2) is 30.9 Å². The second kappa shape index (κ2) is 7.92. The SMILES string of the molecule is O=C(NCCC1CCCN(Cc2cnc[nH]2)C1)c1ncccc1O. The lowest BCUT2D eigenvalue weighted by Gasteiger charge is -2.32. The molecule has 0 aromatic carbocycles. The molecule has 2 aromatic heterocycles. The van der Waals surface area contributed by atoms with Gasteiger partial charge in [-0.15, -0.1) is 0 Å². The van der Waals surface area contributed by atoms with Gasteiger partial charge in [0.05, 0.1) is 6.33 Å². The smallest absolute Gasteiger partial charge is 0.273 e. The van der Waals surface area contributed by atoms with Gasteiger partial charge in [0.1, 0.15) is 5.75 Å². The van der Waals surface area contributed by atoms with Gasteiger partial charge in [0, 0.05) is 37.7 Å². The Labute approximate surface area is 141 Å². The van der Waals surface area contributed by atoms with Crippen LogP contribution in [-0.2, 0) is 6.54 Å². The van der Waals surface area contributed by atoms with Crippen molar-refractivity contribution < 1.29 is 9.90 Å². The predicted molar refractivity (Wildman–Crippen MR) is 89.4 cm³/mol. The van der Waals surface area contributed by atoms with Gasteiger partial charge >= 0.3 is 0 Å². The molecule has 3 rings (SSSR count). The number of nitrogens with zero attached hydrogens (tertiary/aromatic N) is 3. The molecule has 1 saturated heterocycles. The molecule has 0 spiro atoms. The number of amides is 1. The minimum atomic E-state index is -0.321. The van der Waals surface area contributed by atoms with E-state index in [-0.39, 0.29) is 17.4 Å². The fourth-order valence-corrected chi connectivity index (χ4v) is 3.19. The lowest BCUT2D eigenvalue weighted by atomic mass is 9.94. The van der Waals surface area contributed by atoms with E-state index in [0.29, 0.717) is 12.5 Å². The first-order chi connectivity index (χ1) is 11.7. The van der Waals surface area contributed by atoms with E-state index < -0.39 is 0 Å². The summed E-state index contributed by atoms with van der Waals surface area (Å²) in [4.78, 5) is 25.6. The van der Waals surface area contributed by atoms with E-state index in [2.05, 4.69) is 25.2 Å². The number of hydrogen-bond donors (Lipinski definition) is 3. The number of likely N-dealkylation sites (tertiary alicyclic amines) is 1. The fourth-order valence-electron chi connectivity index (χ4n) is 3.19. The maximum Gasteiger partial charge on any atom is 0.273 e.